The second kappa shape index (κ2) is 6.78. The van der Waals surface area contributed by atoms with Gasteiger partial charge in [0.1, 0.15) is 6.54 Å². The molecule has 0 N–H and O–H groups in total. The molecule has 1 aromatic heterocycles. The Morgan fingerprint density at radius 2 is 1.82 bits per heavy atom. The molecule has 4 heteroatoms. The molecule has 1 amide bonds. The van der Waals surface area contributed by atoms with Gasteiger partial charge >= 0.3 is 0 Å². The molecule has 5 rings (SSSR count). The predicted molar refractivity (Wildman–Crippen MR) is 112 cm³/mol. The summed E-state index contributed by atoms with van der Waals surface area (Å²) < 4.78 is 2.29. The minimum absolute atomic E-state index is 0.230. The van der Waals surface area contributed by atoms with Crippen LogP contribution >= 0.6 is 0 Å². The Hall–Kier alpha value is -2.59. The van der Waals surface area contributed by atoms with Crippen LogP contribution in [0, 0.1) is 6.92 Å². The molecule has 28 heavy (non-hydrogen) atoms. The number of aryl methyl sites for hydroxylation is 1. The number of carbonyl (C=O) groups is 1. The Bertz CT molecular complexity index is 1070. The van der Waals surface area contributed by atoms with Gasteiger partial charge in [0.05, 0.1) is 0 Å². The summed E-state index contributed by atoms with van der Waals surface area (Å²) in [5.41, 5.74) is 7.91. The first-order valence-electron chi connectivity index (χ1n) is 10.2. The maximum Gasteiger partial charge on any atom is 0.242 e. The van der Waals surface area contributed by atoms with E-state index in [1.165, 1.54) is 38.9 Å². The van der Waals surface area contributed by atoms with Gasteiger partial charge in [-0.1, -0.05) is 35.9 Å². The van der Waals surface area contributed by atoms with Crippen molar-refractivity contribution in [1.29, 1.82) is 0 Å². The van der Waals surface area contributed by atoms with Gasteiger partial charge in [0.15, 0.2) is 0 Å². The van der Waals surface area contributed by atoms with E-state index in [-0.39, 0.29) is 5.91 Å². The lowest BCUT2D eigenvalue weighted by Gasteiger charge is -2.30. The second-order valence-corrected chi connectivity index (χ2v) is 8.35. The van der Waals surface area contributed by atoms with Gasteiger partial charge in [-0.15, -0.1) is 0 Å². The van der Waals surface area contributed by atoms with Crippen LogP contribution in [0.4, 0.5) is 0 Å². The number of fused-ring (bicyclic) bond motifs is 4. The highest BCUT2D eigenvalue weighted by Gasteiger charge is 2.26. The topological polar surface area (TPSA) is 28.5 Å². The molecule has 4 nitrogen and oxygen atoms in total. The van der Waals surface area contributed by atoms with Gasteiger partial charge in [-0.3, -0.25) is 4.79 Å². The van der Waals surface area contributed by atoms with Crippen LogP contribution in [0.3, 0.4) is 0 Å². The van der Waals surface area contributed by atoms with Gasteiger partial charge in [-0.25, -0.2) is 0 Å². The normalized spacial score (nSPS) is 16.9. The number of amides is 1. The first-order valence-corrected chi connectivity index (χ1v) is 10.2. The number of rotatable bonds is 2. The van der Waals surface area contributed by atoms with Crippen molar-refractivity contribution in [2.45, 2.75) is 39.4 Å². The molecule has 0 bridgehead atoms. The zero-order chi connectivity index (χ0) is 19.3. The lowest BCUT2D eigenvalue weighted by Crippen LogP contribution is -2.38. The van der Waals surface area contributed by atoms with E-state index in [1.807, 2.05) is 4.90 Å². The fourth-order valence-electron chi connectivity index (χ4n) is 4.82. The first-order chi connectivity index (χ1) is 13.6. The summed E-state index contributed by atoms with van der Waals surface area (Å²) in [6, 6.07) is 15.1. The zero-order valence-corrected chi connectivity index (χ0v) is 16.7. The Morgan fingerprint density at radius 1 is 1.00 bits per heavy atom. The molecular formula is C24H27N3O. The molecular weight excluding hydrogens is 346 g/mol. The highest BCUT2D eigenvalue weighted by atomic mass is 16.2. The summed E-state index contributed by atoms with van der Waals surface area (Å²) >= 11 is 0. The molecule has 0 fully saturated rings. The highest BCUT2D eigenvalue weighted by Crippen LogP contribution is 2.31. The van der Waals surface area contributed by atoms with Gasteiger partial charge in [0.25, 0.3) is 0 Å². The fourth-order valence-corrected chi connectivity index (χ4v) is 4.82. The molecule has 3 heterocycles. The molecule has 0 unspecified atom stereocenters. The van der Waals surface area contributed by atoms with Crippen LogP contribution in [0.2, 0.25) is 0 Å². The Balaban J connectivity index is 1.48. The summed E-state index contributed by atoms with van der Waals surface area (Å²) in [5.74, 6) is 0.230. The molecule has 0 saturated carbocycles. The number of hydrogen-bond acceptors (Lipinski definition) is 2. The summed E-state index contributed by atoms with van der Waals surface area (Å²) in [5, 5.41) is 1.32. The Morgan fingerprint density at radius 3 is 2.68 bits per heavy atom. The number of aromatic nitrogens is 1. The first kappa shape index (κ1) is 17.5. The number of nitrogens with zero attached hydrogens (tertiary/aromatic N) is 3. The van der Waals surface area contributed by atoms with Gasteiger partial charge in [-0.05, 0) is 49.2 Å². The molecule has 2 aliphatic rings. The van der Waals surface area contributed by atoms with Gasteiger partial charge < -0.3 is 14.4 Å². The van der Waals surface area contributed by atoms with Crippen LogP contribution in [0.25, 0.3) is 10.9 Å². The third-order valence-electron chi connectivity index (χ3n) is 6.38. The lowest BCUT2D eigenvalue weighted by atomic mass is 10.00. The van der Waals surface area contributed by atoms with Crippen molar-refractivity contribution in [3.05, 3.63) is 70.4 Å². The minimum Gasteiger partial charge on any atom is -0.336 e. The largest absolute Gasteiger partial charge is 0.336 e. The second-order valence-electron chi connectivity index (χ2n) is 8.35. The number of likely N-dealkylation sites (N-methyl/N-ethyl adjacent to an activating group) is 1. The summed E-state index contributed by atoms with van der Waals surface area (Å²) in [6.07, 6.45) is 1.96. The number of carbonyl (C=O) groups excluding carboxylic acids is 1. The van der Waals surface area contributed by atoms with Gasteiger partial charge in [-0.2, -0.15) is 0 Å². The molecule has 0 spiro atoms. The van der Waals surface area contributed by atoms with Crippen LogP contribution in [0.5, 0.6) is 0 Å². The van der Waals surface area contributed by atoms with Crippen molar-refractivity contribution in [3.8, 4) is 0 Å². The van der Waals surface area contributed by atoms with Crippen LogP contribution in [-0.2, 0) is 37.3 Å². The van der Waals surface area contributed by atoms with Crippen LogP contribution in [0.1, 0.15) is 27.9 Å². The van der Waals surface area contributed by atoms with Crippen molar-refractivity contribution < 1.29 is 4.79 Å². The summed E-state index contributed by atoms with van der Waals surface area (Å²) in [6.45, 7) is 6.16. The molecule has 2 aromatic carbocycles. The van der Waals surface area contributed by atoms with E-state index >= 15 is 0 Å². The van der Waals surface area contributed by atoms with Crippen molar-refractivity contribution in [1.82, 2.24) is 14.4 Å². The van der Waals surface area contributed by atoms with Crippen molar-refractivity contribution >= 4 is 16.8 Å². The van der Waals surface area contributed by atoms with Crippen LogP contribution in [-0.4, -0.2) is 40.4 Å². The van der Waals surface area contributed by atoms with E-state index in [9.17, 15) is 4.79 Å². The fraction of sp³-hybridized carbons (Fsp3) is 0.375. The molecule has 0 saturated heterocycles. The lowest BCUT2D eigenvalue weighted by molar-refractivity contribution is -0.132. The maximum absolute atomic E-state index is 13.2. The standard InChI is InChI=1S/C24H27N3O/c1-17-7-8-22-20(13-17)21-15-25(2)11-10-23(21)27(22)16-24(28)26-12-9-18-5-3-4-6-19(18)14-26/h3-8,13H,9-12,14-16H2,1-2H3. The minimum atomic E-state index is 0.230. The average molecular weight is 374 g/mol. The van der Waals surface area contributed by atoms with E-state index in [0.717, 1.165) is 39.0 Å². The van der Waals surface area contributed by atoms with E-state index in [1.54, 1.807) is 0 Å². The molecule has 2 aliphatic heterocycles. The Labute approximate surface area is 166 Å². The monoisotopic (exact) mass is 373 g/mol. The quantitative estimate of drug-likeness (QED) is 0.688. The van der Waals surface area contributed by atoms with E-state index in [4.69, 9.17) is 0 Å². The van der Waals surface area contributed by atoms with Gasteiger partial charge in [0.2, 0.25) is 5.91 Å². The molecule has 144 valence electrons. The number of benzene rings is 2. The summed E-state index contributed by atoms with van der Waals surface area (Å²) in [4.78, 5) is 17.6. The summed E-state index contributed by atoms with van der Waals surface area (Å²) in [7, 11) is 2.18. The molecule has 0 aliphatic carbocycles. The third-order valence-corrected chi connectivity index (χ3v) is 6.38. The smallest absolute Gasteiger partial charge is 0.242 e. The van der Waals surface area contributed by atoms with Crippen LogP contribution < -0.4 is 0 Å². The van der Waals surface area contributed by atoms with Crippen molar-refractivity contribution in [2.24, 2.45) is 0 Å². The van der Waals surface area contributed by atoms with Crippen LogP contribution in [0.15, 0.2) is 42.5 Å². The average Bonchev–Trinajstić information content (AvgIpc) is 2.99. The highest BCUT2D eigenvalue weighted by molar-refractivity contribution is 5.88. The Kier molecular flexibility index (Phi) is 4.24. The van der Waals surface area contributed by atoms with Crippen molar-refractivity contribution in [3.63, 3.8) is 0 Å². The van der Waals surface area contributed by atoms with E-state index in [0.29, 0.717) is 6.54 Å². The number of hydrogen-bond donors (Lipinski definition) is 0. The maximum atomic E-state index is 13.2. The van der Waals surface area contributed by atoms with E-state index in [2.05, 4.69) is 65.9 Å². The molecule has 0 radical (unpaired) electrons. The van der Waals surface area contributed by atoms with Crippen molar-refractivity contribution in [2.75, 3.05) is 20.1 Å². The predicted octanol–water partition coefficient (Wildman–Crippen LogP) is 3.52. The van der Waals surface area contributed by atoms with Gasteiger partial charge in [0, 0.05) is 49.2 Å². The third kappa shape index (κ3) is 2.92. The SMILES string of the molecule is Cc1ccc2c(c1)c1c(n2CC(=O)N2CCc3ccccc3C2)CCN(C)C1. The van der Waals surface area contributed by atoms with E-state index < -0.39 is 0 Å². The zero-order valence-electron chi connectivity index (χ0n) is 16.7. The molecule has 3 aromatic rings. The molecule has 0 atom stereocenters.